The second kappa shape index (κ2) is 16.5. The average Bonchev–Trinajstić information content (AvgIpc) is 4.10. The molecule has 3 aliphatic heterocycles. The maximum atomic E-state index is 14.1. The third kappa shape index (κ3) is 7.49. The monoisotopic (exact) mass is 836 g/mol. The summed E-state index contributed by atoms with van der Waals surface area (Å²) in [7, 11) is 2.61. The number of aromatic nitrogens is 2. The van der Waals surface area contributed by atoms with Gasteiger partial charge in [0, 0.05) is 28.1 Å². The SMILES string of the molecule is COC(=O)N[C@H](C(=O)N1CCC[C@H]1c1ncc(-c2ccc(-c3ccc(C4CN=C(C56CCC(CN5C(=O)[C@@H](NC(=O)OC)C(C)C)C6)N4)c4sc(C)cc34)cc2)[nH]1)C(C)C. The lowest BCUT2D eigenvalue weighted by atomic mass is 9.92. The largest absolute Gasteiger partial charge is 0.453 e. The number of hydrogen-bond acceptors (Lipinski definition) is 10. The Morgan fingerprint density at radius 3 is 2.27 bits per heavy atom. The molecular weight excluding hydrogens is 781 g/mol. The molecule has 2 aromatic heterocycles. The van der Waals surface area contributed by atoms with E-state index in [2.05, 4.69) is 70.3 Å². The Morgan fingerprint density at radius 2 is 1.60 bits per heavy atom. The number of amidine groups is 1. The van der Waals surface area contributed by atoms with Crippen LogP contribution in [0.5, 0.6) is 0 Å². The Balaban J connectivity index is 0.988. The van der Waals surface area contributed by atoms with Crippen LogP contribution in [0.2, 0.25) is 0 Å². The lowest BCUT2D eigenvalue weighted by Gasteiger charge is -2.41. The second-order valence-corrected chi connectivity index (χ2v) is 18.7. The number of hydrogen-bond donors (Lipinski definition) is 4. The number of piperidine rings is 1. The number of carbonyl (C=O) groups is 4. The molecule has 14 nitrogen and oxygen atoms in total. The van der Waals surface area contributed by atoms with Crippen LogP contribution in [0.15, 0.2) is 53.7 Å². The van der Waals surface area contributed by atoms with Gasteiger partial charge in [-0.1, -0.05) is 64.1 Å². The highest BCUT2D eigenvalue weighted by molar-refractivity contribution is 7.19. The molecule has 3 fully saturated rings. The zero-order chi connectivity index (χ0) is 42.5. The van der Waals surface area contributed by atoms with Gasteiger partial charge in [0.25, 0.3) is 0 Å². The Bertz CT molecular complexity index is 2320. The molecule has 5 heterocycles. The Labute approximate surface area is 354 Å². The number of rotatable bonds is 11. The molecule has 60 heavy (non-hydrogen) atoms. The summed E-state index contributed by atoms with van der Waals surface area (Å²) in [6, 6.07) is 13.6. The molecule has 6 atom stereocenters. The predicted molar refractivity (Wildman–Crippen MR) is 232 cm³/mol. The smallest absolute Gasteiger partial charge is 0.407 e. The number of nitrogens with zero attached hydrogens (tertiary/aromatic N) is 4. The zero-order valence-corrected chi connectivity index (χ0v) is 36.3. The number of fused-ring (bicyclic) bond motifs is 3. The molecule has 318 valence electrons. The third-order valence-corrected chi connectivity index (χ3v) is 14.0. The molecule has 4 aliphatic rings. The number of aromatic amines is 1. The van der Waals surface area contributed by atoms with Crippen molar-refractivity contribution >= 4 is 51.3 Å². The van der Waals surface area contributed by atoms with E-state index in [1.807, 2.05) is 43.7 Å². The van der Waals surface area contributed by atoms with Gasteiger partial charge in [0.2, 0.25) is 11.8 Å². The van der Waals surface area contributed by atoms with E-state index in [0.717, 1.165) is 66.1 Å². The van der Waals surface area contributed by atoms with Crippen LogP contribution in [0.3, 0.4) is 0 Å². The molecule has 4 N–H and O–H groups in total. The Kier molecular flexibility index (Phi) is 11.4. The van der Waals surface area contributed by atoms with E-state index in [4.69, 9.17) is 19.5 Å². The first kappa shape index (κ1) is 41.3. The van der Waals surface area contributed by atoms with Crippen LogP contribution in [0.25, 0.3) is 32.5 Å². The molecule has 8 rings (SSSR count). The number of methoxy groups -OCH3 is 2. The summed E-state index contributed by atoms with van der Waals surface area (Å²) in [5, 5.41) is 10.5. The van der Waals surface area contributed by atoms with Gasteiger partial charge < -0.3 is 40.2 Å². The van der Waals surface area contributed by atoms with E-state index in [1.54, 1.807) is 11.3 Å². The van der Waals surface area contributed by atoms with Crippen molar-refractivity contribution in [3.05, 3.63) is 64.9 Å². The Morgan fingerprint density at radius 1 is 0.917 bits per heavy atom. The molecule has 2 bridgehead atoms. The second-order valence-electron chi connectivity index (χ2n) is 17.4. The molecular formula is C45H56N8O6S. The number of aryl methyl sites for hydroxylation is 1. The van der Waals surface area contributed by atoms with Crippen molar-refractivity contribution in [1.82, 2.24) is 35.7 Å². The molecule has 4 aromatic rings. The number of carbonyl (C=O) groups excluding carboxylic acids is 4. The fraction of sp³-hybridized carbons (Fsp3) is 0.511. The lowest BCUT2D eigenvalue weighted by molar-refractivity contribution is -0.137. The first-order valence-electron chi connectivity index (χ1n) is 21.1. The molecule has 3 unspecified atom stereocenters. The van der Waals surface area contributed by atoms with Crippen LogP contribution in [0.4, 0.5) is 9.59 Å². The first-order chi connectivity index (χ1) is 28.8. The van der Waals surface area contributed by atoms with Crippen molar-refractivity contribution in [2.24, 2.45) is 22.7 Å². The highest BCUT2D eigenvalue weighted by Gasteiger charge is 2.58. The zero-order valence-electron chi connectivity index (χ0n) is 35.5. The van der Waals surface area contributed by atoms with E-state index >= 15 is 0 Å². The van der Waals surface area contributed by atoms with Gasteiger partial charge in [0.05, 0.1) is 44.7 Å². The van der Waals surface area contributed by atoms with Crippen LogP contribution >= 0.6 is 11.3 Å². The Hall–Kier alpha value is -5.44. The van der Waals surface area contributed by atoms with Gasteiger partial charge >= 0.3 is 12.2 Å². The maximum absolute atomic E-state index is 14.1. The number of H-pyrrole nitrogens is 1. The van der Waals surface area contributed by atoms with E-state index in [0.29, 0.717) is 25.6 Å². The summed E-state index contributed by atoms with van der Waals surface area (Å²) in [6.07, 6.45) is 5.00. The highest BCUT2D eigenvalue weighted by atomic mass is 32.1. The van der Waals surface area contributed by atoms with Crippen LogP contribution in [0, 0.1) is 24.7 Å². The summed E-state index contributed by atoms with van der Waals surface area (Å²) >= 11 is 1.79. The quantitative estimate of drug-likeness (QED) is 0.124. The average molecular weight is 837 g/mol. The number of alkyl carbamates (subject to hydrolysis) is 2. The summed E-state index contributed by atoms with van der Waals surface area (Å²) in [5.41, 5.74) is 4.80. The van der Waals surface area contributed by atoms with Crippen LogP contribution in [0.1, 0.15) is 88.1 Å². The number of nitrogens with one attached hydrogen (secondary N) is 4. The van der Waals surface area contributed by atoms with Crippen molar-refractivity contribution in [2.75, 3.05) is 33.9 Å². The van der Waals surface area contributed by atoms with E-state index in [-0.39, 0.29) is 35.7 Å². The van der Waals surface area contributed by atoms with Gasteiger partial charge in [0.1, 0.15) is 29.3 Å². The molecule has 0 radical (unpaired) electrons. The van der Waals surface area contributed by atoms with Gasteiger partial charge in [-0.05, 0) is 85.1 Å². The van der Waals surface area contributed by atoms with E-state index in [9.17, 15) is 19.2 Å². The van der Waals surface area contributed by atoms with Gasteiger partial charge in [-0.25, -0.2) is 14.6 Å². The number of amides is 4. The number of aliphatic imine (C=N–C) groups is 1. The van der Waals surface area contributed by atoms with E-state index < -0.39 is 29.8 Å². The fourth-order valence-corrected chi connectivity index (χ4v) is 10.9. The van der Waals surface area contributed by atoms with Gasteiger partial charge in [-0.2, -0.15) is 0 Å². The topological polar surface area (TPSA) is 170 Å². The van der Waals surface area contributed by atoms with Gasteiger partial charge in [-0.15, -0.1) is 11.3 Å². The van der Waals surface area contributed by atoms with Crippen LogP contribution in [-0.4, -0.2) is 101 Å². The minimum absolute atomic E-state index is 0.0296. The highest BCUT2D eigenvalue weighted by Crippen LogP contribution is 2.49. The standard InChI is InChI=1S/C45H56N8O6S/c1-24(2)36(50-43(56)58-6)40(54)52-18-8-9-35(52)39-46-21-33(48-39)29-12-10-28(11-13-29)30-14-15-31(38-32(30)19-26(5)60-38)34-22-47-42(49-34)45-17-16-27(20-45)23-53(45)41(55)37(25(3)4)51-44(57)59-7/h10-15,19,21,24-25,27,34-37H,8-9,16-18,20,22-23H2,1-7H3,(H,46,48)(H,47,49)(H,50,56)(H,51,57)/t27?,34?,35-,36-,37-,45?/m0/s1. The predicted octanol–water partition coefficient (Wildman–Crippen LogP) is 7.12. The van der Waals surface area contributed by atoms with Crippen molar-refractivity contribution in [3.63, 3.8) is 0 Å². The molecule has 0 spiro atoms. The first-order valence-corrected chi connectivity index (χ1v) is 21.9. The van der Waals surface area contributed by atoms with Crippen molar-refractivity contribution in [2.45, 2.75) is 96.4 Å². The number of benzene rings is 2. The molecule has 15 heteroatoms. The molecule has 1 saturated carbocycles. The number of ether oxygens (including phenoxy) is 2. The molecule has 2 aromatic carbocycles. The van der Waals surface area contributed by atoms with Crippen molar-refractivity contribution < 1.29 is 28.7 Å². The summed E-state index contributed by atoms with van der Waals surface area (Å²) in [5.74, 6) is 1.60. The van der Waals surface area contributed by atoms with E-state index in [1.165, 1.54) is 34.7 Å². The van der Waals surface area contributed by atoms with Gasteiger partial charge in [-0.3, -0.25) is 14.6 Å². The molecule has 4 amide bonds. The minimum Gasteiger partial charge on any atom is -0.453 e. The molecule has 2 saturated heterocycles. The summed E-state index contributed by atoms with van der Waals surface area (Å²) in [6.45, 7) is 11.7. The fourth-order valence-electron chi connectivity index (χ4n) is 9.83. The van der Waals surface area contributed by atoms with Crippen LogP contribution in [-0.2, 0) is 19.1 Å². The van der Waals surface area contributed by atoms with Crippen molar-refractivity contribution in [3.8, 4) is 22.4 Å². The van der Waals surface area contributed by atoms with Crippen LogP contribution < -0.4 is 16.0 Å². The number of likely N-dealkylation sites (tertiary alicyclic amines) is 2. The van der Waals surface area contributed by atoms with Gasteiger partial charge in [0.15, 0.2) is 0 Å². The normalized spacial score (nSPS) is 23.2. The van der Waals surface area contributed by atoms with Crippen molar-refractivity contribution in [1.29, 1.82) is 0 Å². The third-order valence-electron chi connectivity index (χ3n) is 12.9. The summed E-state index contributed by atoms with van der Waals surface area (Å²) < 4.78 is 10.9. The maximum Gasteiger partial charge on any atom is 0.407 e. The molecule has 1 aliphatic carbocycles. The number of imidazole rings is 1. The lowest BCUT2D eigenvalue weighted by Crippen LogP contribution is -2.61. The number of thiophene rings is 1. The minimum atomic E-state index is -0.690. The summed E-state index contributed by atoms with van der Waals surface area (Å²) in [4.78, 5) is 70.3.